The minimum Gasteiger partial charge on any atom is -0.389 e. The van der Waals surface area contributed by atoms with Crippen LogP contribution in [0.15, 0.2) is 22.7 Å². The lowest BCUT2D eigenvalue weighted by Gasteiger charge is -2.30. The van der Waals surface area contributed by atoms with Gasteiger partial charge in [-0.2, -0.15) is 0 Å². The van der Waals surface area contributed by atoms with E-state index < -0.39 is 6.10 Å². The largest absolute Gasteiger partial charge is 0.389 e. The predicted octanol–water partition coefficient (Wildman–Crippen LogP) is 4.13. The van der Waals surface area contributed by atoms with Crippen LogP contribution in [0.1, 0.15) is 45.8 Å². The van der Waals surface area contributed by atoms with Crippen LogP contribution in [-0.2, 0) is 0 Å². The van der Waals surface area contributed by atoms with Crippen molar-refractivity contribution in [2.75, 3.05) is 11.4 Å². The first-order valence-corrected chi connectivity index (χ1v) is 7.04. The standard InChI is InChI=1S/C14H22BrNO/c1-5-10(3)16(6-2)14-8-7-12(11(4)17)9-13(14)15/h7-11,17H,5-6H2,1-4H3/t10?,11-/m1/s1. The molecular weight excluding hydrogens is 278 g/mol. The van der Waals surface area contributed by atoms with Crippen LogP contribution in [-0.4, -0.2) is 17.7 Å². The van der Waals surface area contributed by atoms with Gasteiger partial charge in [0.15, 0.2) is 0 Å². The van der Waals surface area contributed by atoms with E-state index in [2.05, 4.69) is 47.7 Å². The van der Waals surface area contributed by atoms with Crippen LogP contribution < -0.4 is 4.90 Å². The van der Waals surface area contributed by atoms with Crippen molar-refractivity contribution in [3.8, 4) is 0 Å². The normalized spacial score (nSPS) is 14.5. The monoisotopic (exact) mass is 299 g/mol. The van der Waals surface area contributed by atoms with Crippen molar-refractivity contribution >= 4 is 21.6 Å². The number of benzene rings is 1. The van der Waals surface area contributed by atoms with Gasteiger partial charge in [0.25, 0.3) is 0 Å². The second-order valence-corrected chi connectivity index (χ2v) is 5.28. The summed E-state index contributed by atoms with van der Waals surface area (Å²) in [5, 5.41) is 9.56. The molecule has 2 atom stereocenters. The number of hydrogen-bond donors (Lipinski definition) is 1. The van der Waals surface area contributed by atoms with Crippen LogP contribution in [0.2, 0.25) is 0 Å². The van der Waals surface area contributed by atoms with E-state index in [0.717, 1.165) is 23.0 Å². The Bertz CT molecular complexity index is 365. The Morgan fingerprint density at radius 2 is 1.94 bits per heavy atom. The van der Waals surface area contributed by atoms with Crippen molar-refractivity contribution in [3.63, 3.8) is 0 Å². The van der Waals surface area contributed by atoms with Crippen LogP contribution in [0, 0.1) is 0 Å². The Hall–Kier alpha value is -0.540. The van der Waals surface area contributed by atoms with Crippen molar-refractivity contribution in [1.82, 2.24) is 0 Å². The second-order valence-electron chi connectivity index (χ2n) is 4.43. The molecule has 0 saturated heterocycles. The topological polar surface area (TPSA) is 23.5 Å². The van der Waals surface area contributed by atoms with Gasteiger partial charge in [-0.25, -0.2) is 0 Å². The molecular formula is C14H22BrNO. The third kappa shape index (κ3) is 3.46. The van der Waals surface area contributed by atoms with Crippen molar-refractivity contribution < 1.29 is 5.11 Å². The van der Waals surface area contributed by atoms with E-state index in [9.17, 15) is 5.11 Å². The van der Waals surface area contributed by atoms with Gasteiger partial charge in [-0.05, 0) is 60.8 Å². The maximum absolute atomic E-state index is 9.56. The number of aliphatic hydroxyl groups is 1. The number of aliphatic hydroxyl groups excluding tert-OH is 1. The molecule has 17 heavy (non-hydrogen) atoms. The van der Waals surface area contributed by atoms with Gasteiger partial charge in [0.05, 0.1) is 11.8 Å². The third-order valence-electron chi connectivity index (χ3n) is 3.23. The molecule has 0 fully saturated rings. The first-order valence-electron chi connectivity index (χ1n) is 6.25. The van der Waals surface area contributed by atoms with E-state index in [1.807, 2.05) is 12.1 Å². The van der Waals surface area contributed by atoms with Gasteiger partial charge >= 0.3 is 0 Å². The minimum atomic E-state index is -0.418. The summed E-state index contributed by atoms with van der Waals surface area (Å²) in [4.78, 5) is 2.37. The molecule has 0 bridgehead atoms. The molecule has 1 aromatic rings. The Morgan fingerprint density at radius 3 is 2.35 bits per heavy atom. The first kappa shape index (κ1) is 14.5. The van der Waals surface area contributed by atoms with Crippen LogP contribution in [0.25, 0.3) is 0 Å². The SMILES string of the molecule is CCC(C)N(CC)c1ccc([C@@H](C)O)cc1Br. The van der Waals surface area contributed by atoms with E-state index in [1.54, 1.807) is 6.92 Å². The van der Waals surface area contributed by atoms with E-state index in [4.69, 9.17) is 0 Å². The lowest BCUT2D eigenvalue weighted by molar-refractivity contribution is 0.199. The molecule has 0 saturated carbocycles. The fourth-order valence-electron chi connectivity index (χ4n) is 1.96. The fraction of sp³-hybridized carbons (Fsp3) is 0.571. The molecule has 0 aliphatic rings. The second kappa shape index (κ2) is 6.41. The lowest BCUT2D eigenvalue weighted by Crippen LogP contribution is -2.32. The summed E-state index contributed by atoms with van der Waals surface area (Å²) in [6.45, 7) is 9.38. The van der Waals surface area contributed by atoms with Gasteiger partial charge in [-0.1, -0.05) is 13.0 Å². The third-order valence-corrected chi connectivity index (χ3v) is 3.86. The highest BCUT2D eigenvalue weighted by Crippen LogP contribution is 2.30. The smallest absolute Gasteiger partial charge is 0.0762 e. The Kier molecular flexibility index (Phi) is 5.47. The van der Waals surface area contributed by atoms with E-state index in [-0.39, 0.29) is 0 Å². The predicted molar refractivity (Wildman–Crippen MR) is 77.5 cm³/mol. The molecule has 0 amide bonds. The van der Waals surface area contributed by atoms with Gasteiger partial charge in [0.1, 0.15) is 0 Å². The highest BCUT2D eigenvalue weighted by Gasteiger charge is 2.14. The highest BCUT2D eigenvalue weighted by molar-refractivity contribution is 9.10. The minimum absolute atomic E-state index is 0.418. The molecule has 1 N–H and O–H groups in total. The maximum atomic E-state index is 9.56. The number of halogens is 1. The fourth-order valence-corrected chi connectivity index (χ4v) is 2.58. The van der Waals surface area contributed by atoms with Crippen molar-refractivity contribution in [1.29, 1.82) is 0 Å². The molecule has 0 aliphatic carbocycles. The zero-order valence-electron chi connectivity index (χ0n) is 11.1. The van der Waals surface area contributed by atoms with Crippen LogP contribution in [0.5, 0.6) is 0 Å². The van der Waals surface area contributed by atoms with Crippen LogP contribution in [0.3, 0.4) is 0 Å². The van der Waals surface area contributed by atoms with Gasteiger partial charge in [0, 0.05) is 17.1 Å². The summed E-state index contributed by atoms with van der Waals surface area (Å²) < 4.78 is 1.05. The molecule has 0 radical (unpaired) electrons. The first-order chi connectivity index (χ1) is 8.01. The lowest BCUT2D eigenvalue weighted by atomic mass is 10.1. The zero-order valence-corrected chi connectivity index (χ0v) is 12.7. The van der Waals surface area contributed by atoms with Gasteiger partial charge < -0.3 is 10.0 Å². The van der Waals surface area contributed by atoms with Crippen molar-refractivity contribution in [3.05, 3.63) is 28.2 Å². The molecule has 3 heteroatoms. The molecule has 96 valence electrons. The van der Waals surface area contributed by atoms with Gasteiger partial charge in [-0.3, -0.25) is 0 Å². The summed E-state index contributed by atoms with van der Waals surface area (Å²) in [6.07, 6.45) is 0.706. The van der Waals surface area contributed by atoms with Crippen molar-refractivity contribution in [2.24, 2.45) is 0 Å². The van der Waals surface area contributed by atoms with Gasteiger partial charge in [-0.15, -0.1) is 0 Å². The maximum Gasteiger partial charge on any atom is 0.0762 e. The summed E-state index contributed by atoms with van der Waals surface area (Å²) in [6, 6.07) is 6.61. The summed E-state index contributed by atoms with van der Waals surface area (Å²) >= 11 is 3.60. The van der Waals surface area contributed by atoms with E-state index in [0.29, 0.717) is 6.04 Å². The zero-order chi connectivity index (χ0) is 13.0. The molecule has 0 aromatic heterocycles. The molecule has 0 aliphatic heterocycles. The Labute approximate surface area is 113 Å². The molecule has 1 unspecified atom stereocenters. The molecule has 1 rings (SSSR count). The summed E-state index contributed by atoms with van der Waals surface area (Å²) in [5.41, 5.74) is 2.15. The molecule has 0 heterocycles. The highest BCUT2D eigenvalue weighted by atomic mass is 79.9. The Morgan fingerprint density at radius 1 is 1.29 bits per heavy atom. The quantitative estimate of drug-likeness (QED) is 0.884. The number of anilines is 1. The van der Waals surface area contributed by atoms with E-state index >= 15 is 0 Å². The van der Waals surface area contributed by atoms with E-state index in [1.165, 1.54) is 5.69 Å². The van der Waals surface area contributed by atoms with Gasteiger partial charge in [0.2, 0.25) is 0 Å². The summed E-state index contributed by atoms with van der Waals surface area (Å²) in [7, 11) is 0. The van der Waals surface area contributed by atoms with Crippen LogP contribution >= 0.6 is 15.9 Å². The summed E-state index contributed by atoms with van der Waals surface area (Å²) in [5.74, 6) is 0. The van der Waals surface area contributed by atoms with Crippen LogP contribution in [0.4, 0.5) is 5.69 Å². The number of hydrogen-bond acceptors (Lipinski definition) is 2. The molecule has 0 spiro atoms. The average Bonchev–Trinajstić information content (AvgIpc) is 2.31. The Balaban J connectivity index is 3.05. The number of rotatable bonds is 5. The number of nitrogens with zero attached hydrogens (tertiary/aromatic N) is 1. The molecule has 1 aromatic carbocycles. The molecule has 2 nitrogen and oxygen atoms in total. The average molecular weight is 300 g/mol. The van der Waals surface area contributed by atoms with Crippen molar-refractivity contribution in [2.45, 2.75) is 46.3 Å².